The summed E-state index contributed by atoms with van der Waals surface area (Å²) < 4.78 is 6.41. The van der Waals surface area contributed by atoms with Crippen molar-refractivity contribution in [1.82, 2.24) is 4.90 Å². The molecule has 0 aromatic heterocycles. The lowest BCUT2D eigenvalue weighted by atomic mass is 9.44. The third-order valence-corrected chi connectivity index (χ3v) is 9.97. The van der Waals surface area contributed by atoms with Crippen molar-refractivity contribution in [2.24, 2.45) is 5.41 Å². The second-order valence-corrected chi connectivity index (χ2v) is 11.4. The number of fused-ring (bicyclic) bond motifs is 2. The van der Waals surface area contributed by atoms with Crippen molar-refractivity contribution in [3.8, 4) is 11.5 Å². The van der Waals surface area contributed by atoms with Gasteiger partial charge in [0, 0.05) is 17.0 Å². The van der Waals surface area contributed by atoms with E-state index in [-0.39, 0.29) is 17.6 Å². The molecule has 8 rings (SSSR count). The van der Waals surface area contributed by atoms with Crippen LogP contribution in [0.4, 0.5) is 0 Å². The fourth-order valence-corrected chi connectivity index (χ4v) is 8.55. The molecule has 2 N–H and O–H groups in total. The highest BCUT2D eigenvalue weighted by Crippen LogP contribution is 2.68. The summed E-state index contributed by atoms with van der Waals surface area (Å²) in [5.74, 6) is 0.602. The van der Waals surface area contributed by atoms with Crippen LogP contribution in [0, 0.1) is 5.41 Å². The van der Waals surface area contributed by atoms with Gasteiger partial charge in [0.2, 0.25) is 0 Å². The van der Waals surface area contributed by atoms with Crippen LogP contribution >= 0.6 is 0 Å². The normalized spacial score (nSPS) is 34.2. The summed E-state index contributed by atoms with van der Waals surface area (Å²) >= 11 is 0. The van der Waals surface area contributed by atoms with Gasteiger partial charge in [-0.05, 0) is 79.2 Å². The van der Waals surface area contributed by atoms with Crippen LogP contribution in [-0.2, 0) is 29.5 Å². The number of likely N-dealkylation sites (N-methyl/N-ethyl adjacent to an activating group) is 1. The molecule has 4 atom stereocenters. The minimum atomic E-state index is -1.09. The van der Waals surface area contributed by atoms with Gasteiger partial charge in [-0.2, -0.15) is 0 Å². The molecule has 2 spiro atoms. The lowest BCUT2D eigenvalue weighted by molar-refractivity contribution is -0.206. The monoisotopic (exact) mass is 453 g/mol. The Morgan fingerprint density at radius 2 is 1.74 bits per heavy atom. The maximum atomic E-state index is 14.4. The van der Waals surface area contributed by atoms with E-state index in [2.05, 4.69) is 36.2 Å². The molecule has 3 aromatic rings. The molecule has 3 aromatic carbocycles. The van der Waals surface area contributed by atoms with E-state index < -0.39 is 22.5 Å². The molecule has 5 aliphatic rings. The number of Topliss-reactive ketones (excluding diaryl/α,β-unsaturated/α-hetero) is 1. The molecule has 2 bridgehead atoms. The van der Waals surface area contributed by atoms with Gasteiger partial charge in [-0.1, -0.05) is 42.5 Å². The molecule has 2 fully saturated rings. The van der Waals surface area contributed by atoms with Crippen LogP contribution < -0.4 is 4.74 Å². The maximum absolute atomic E-state index is 14.4. The van der Waals surface area contributed by atoms with Gasteiger partial charge in [0.15, 0.2) is 23.4 Å². The Morgan fingerprint density at radius 1 is 1.03 bits per heavy atom. The third kappa shape index (κ3) is 1.97. The van der Waals surface area contributed by atoms with E-state index in [9.17, 15) is 15.0 Å². The zero-order chi connectivity index (χ0) is 23.0. The SMILES string of the molecule is CN1CC[C@]23c4c5ccc(O)c4O[C@H]2C(=O)C2(Cc4cc6ccccc6cc4C2)C[C@@]3(O)[C@H]1C5. The highest BCUT2D eigenvalue weighted by Gasteiger charge is 2.77. The molecule has 5 nitrogen and oxygen atoms in total. The number of piperidine rings is 1. The highest BCUT2D eigenvalue weighted by atomic mass is 16.5. The second-order valence-electron chi connectivity index (χ2n) is 11.4. The lowest BCUT2D eigenvalue weighted by Crippen LogP contribution is -2.79. The summed E-state index contributed by atoms with van der Waals surface area (Å²) in [6.45, 7) is 0.799. The van der Waals surface area contributed by atoms with Crippen molar-refractivity contribution < 1.29 is 19.7 Å². The largest absolute Gasteiger partial charge is 0.504 e. The Hall–Kier alpha value is -2.89. The number of aromatic hydroxyl groups is 1. The van der Waals surface area contributed by atoms with Gasteiger partial charge in [-0.15, -0.1) is 0 Å². The summed E-state index contributed by atoms with van der Waals surface area (Å²) in [6, 6.07) is 16.3. The minimum Gasteiger partial charge on any atom is -0.504 e. The highest BCUT2D eigenvalue weighted by molar-refractivity contribution is 5.96. The predicted molar refractivity (Wildman–Crippen MR) is 127 cm³/mol. The number of aliphatic hydroxyl groups is 1. The summed E-state index contributed by atoms with van der Waals surface area (Å²) in [5.41, 5.74) is 1.85. The Balaban J connectivity index is 1.33. The average Bonchev–Trinajstić information content (AvgIpc) is 3.35. The summed E-state index contributed by atoms with van der Waals surface area (Å²) in [4.78, 5) is 16.7. The Kier molecular flexibility index (Phi) is 3.33. The molecule has 34 heavy (non-hydrogen) atoms. The number of hydrogen-bond donors (Lipinski definition) is 2. The van der Waals surface area contributed by atoms with Crippen molar-refractivity contribution in [2.75, 3.05) is 13.6 Å². The standard InChI is InChI=1S/C29H27NO4/c1-30-9-8-28-23-18-6-7-21(31)24(23)34-26(28)25(32)27(15-29(28,33)22(30)12-18)13-19-10-16-4-2-3-5-17(16)11-20(19)14-27/h2-7,10-11,22,26,31,33H,8-9,12-15H2,1H3/t22-,26+,28+,29-/m1/s1. The molecule has 0 radical (unpaired) electrons. The van der Waals surface area contributed by atoms with E-state index in [0.29, 0.717) is 37.9 Å². The van der Waals surface area contributed by atoms with Gasteiger partial charge in [-0.25, -0.2) is 0 Å². The molecule has 1 saturated heterocycles. The number of hydrogen-bond acceptors (Lipinski definition) is 5. The molecule has 3 aliphatic carbocycles. The fourth-order valence-electron chi connectivity index (χ4n) is 8.55. The maximum Gasteiger partial charge on any atom is 0.181 e. The van der Waals surface area contributed by atoms with Crippen LogP contribution in [0.25, 0.3) is 10.8 Å². The van der Waals surface area contributed by atoms with Crippen LogP contribution in [0.15, 0.2) is 48.5 Å². The smallest absolute Gasteiger partial charge is 0.181 e. The topological polar surface area (TPSA) is 70.0 Å². The van der Waals surface area contributed by atoms with Crippen LogP contribution in [-0.4, -0.2) is 52.2 Å². The number of phenols is 1. The number of ether oxygens (including phenoxy) is 1. The first-order valence-electron chi connectivity index (χ1n) is 12.4. The van der Waals surface area contributed by atoms with E-state index in [4.69, 9.17) is 4.74 Å². The number of benzene rings is 3. The zero-order valence-electron chi connectivity index (χ0n) is 19.2. The molecule has 5 heteroatoms. The number of carbonyl (C=O) groups excluding carboxylic acids is 1. The van der Waals surface area contributed by atoms with E-state index in [1.807, 2.05) is 18.2 Å². The second kappa shape index (κ2) is 5.84. The Labute approximate surface area is 198 Å². The first kappa shape index (κ1) is 19.4. The number of rotatable bonds is 0. The number of nitrogens with zero attached hydrogens (tertiary/aromatic N) is 1. The van der Waals surface area contributed by atoms with Gasteiger partial charge in [-0.3, -0.25) is 4.79 Å². The van der Waals surface area contributed by atoms with Crippen LogP contribution in [0.2, 0.25) is 0 Å². The molecule has 0 unspecified atom stereocenters. The Morgan fingerprint density at radius 3 is 2.44 bits per heavy atom. The first-order valence-corrected chi connectivity index (χ1v) is 12.4. The minimum absolute atomic E-state index is 0.0741. The van der Waals surface area contributed by atoms with E-state index >= 15 is 0 Å². The number of phenolic OH excluding ortho intramolecular Hbond substituents is 1. The molecule has 2 heterocycles. The number of carbonyl (C=O) groups is 1. The molecule has 0 amide bonds. The van der Waals surface area contributed by atoms with Gasteiger partial charge in [0.1, 0.15) is 0 Å². The molecular formula is C29H27NO4. The van der Waals surface area contributed by atoms with Crippen molar-refractivity contribution in [1.29, 1.82) is 0 Å². The van der Waals surface area contributed by atoms with E-state index in [1.165, 1.54) is 21.9 Å². The van der Waals surface area contributed by atoms with Crippen molar-refractivity contribution in [2.45, 2.75) is 55.3 Å². The van der Waals surface area contributed by atoms with Gasteiger partial charge in [0.25, 0.3) is 0 Å². The van der Waals surface area contributed by atoms with Crippen LogP contribution in [0.1, 0.15) is 35.1 Å². The summed E-state index contributed by atoms with van der Waals surface area (Å²) in [5, 5.41) is 25.8. The molecule has 2 aliphatic heterocycles. The first-order chi connectivity index (χ1) is 16.4. The van der Waals surface area contributed by atoms with Crippen molar-refractivity contribution in [3.05, 3.63) is 70.8 Å². The third-order valence-electron chi connectivity index (χ3n) is 9.97. The Bertz CT molecular complexity index is 1400. The van der Waals surface area contributed by atoms with Crippen molar-refractivity contribution >= 4 is 16.6 Å². The summed E-state index contributed by atoms with van der Waals surface area (Å²) in [7, 11) is 2.09. The summed E-state index contributed by atoms with van der Waals surface area (Å²) in [6.07, 6.45) is 2.31. The zero-order valence-corrected chi connectivity index (χ0v) is 19.2. The lowest BCUT2D eigenvalue weighted by Gasteiger charge is -2.64. The fraction of sp³-hybridized carbons (Fsp3) is 0.414. The molecule has 172 valence electrons. The van der Waals surface area contributed by atoms with Gasteiger partial charge >= 0.3 is 0 Å². The predicted octanol–water partition coefficient (Wildman–Crippen LogP) is 3.29. The van der Waals surface area contributed by atoms with Crippen molar-refractivity contribution in [3.63, 3.8) is 0 Å². The average molecular weight is 454 g/mol. The molecular weight excluding hydrogens is 426 g/mol. The number of likely N-dealkylation sites (tertiary alicyclic amines) is 1. The van der Waals surface area contributed by atoms with Crippen LogP contribution in [0.5, 0.6) is 11.5 Å². The van der Waals surface area contributed by atoms with E-state index in [0.717, 1.165) is 17.7 Å². The van der Waals surface area contributed by atoms with Gasteiger partial charge < -0.3 is 19.8 Å². The quantitative estimate of drug-likeness (QED) is 0.547. The van der Waals surface area contributed by atoms with Crippen LogP contribution in [0.3, 0.4) is 0 Å². The molecule has 1 saturated carbocycles. The number of ketones is 1. The van der Waals surface area contributed by atoms with E-state index in [1.54, 1.807) is 6.07 Å². The van der Waals surface area contributed by atoms with Gasteiger partial charge in [0.05, 0.1) is 11.0 Å².